The molecule has 0 aliphatic heterocycles. The van der Waals surface area contributed by atoms with Crippen molar-refractivity contribution in [3.63, 3.8) is 0 Å². The van der Waals surface area contributed by atoms with Gasteiger partial charge in [0, 0.05) is 11.2 Å². The molecule has 0 bridgehead atoms. The molecule has 1 rings (SSSR count). The summed E-state index contributed by atoms with van der Waals surface area (Å²) < 4.78 is 12.9. The second kappa shape index (κ2) is 3.93. The topological polar surface area (TPSA) is 40.5 Å². The van der Waals surface area contributed by atoms with Crippen molar-refractivity contribution in [3.05, 3.63) is 29.6 Å². The summed E-state index contributed by atoms with van der Waals surface area (Å²) >= 11 is 3.95. The summed E-state index contributed by atoms with van der Waals surface area (Å²) in [6, 6.07) is 4.18. The van der Waals surface area contributed by atoms with E-state index in [0.717, 1.165) is 0 Å². The minimum Gasteiger partial charge on any atom is -0.423 e. The number of halogens is 1. The Labute approximate surface area is 75.6 Å². The van der Waals surface area contributed by atoms with Crippen molar-refractivity contribution in [2.75, 3.05) is 0 Å². The monoisotopic (exact) mass is 186 g/mol. The van der Waals surface area contributed by atoms with Gasteiger partial charge >= 0.3 is 7.12 Å². The molecule has 1 aromatic rings. The van der Waals surface area contributed by atoms with Crippen molar-refractivity contribution in [1.82, 2.24) is 0 Å². The van der Waals surface area contributed by atoms with E-state index in [1.807, 2.05) is 0 Å². The zero-order valence-corrected chi connectivity index (χ0v) is 7.13. The van der Waals surface area contributed by atoms with Gasteiger partial charge in [0.05, 0.1) is 0 Å². The van der Waals surface area contributed by atoms with Gasteiger partial charge in [-0.15, -0.1) is 0 Å². The SMILES string of the molecule is OB(O)c1ccc(CS)cc1F. The van der Waals surface area contributed by atoms with Crippen molar-refractivity contribution in [3.8, 4) is 0 Å². The van der Waals surface area contributed by atoms with Gasteiger partial charge < -0.3 is 10.0 Å². The van der Waals surface area contributed by atoms with E-state index in [2.05, 4.69) is 12.6 Å². The van der Waals surface area contributed by atoms with Crippen LogP contribution in [0.15, 0.2) is 18.2 Å². The maximum absolute atomic E-state index is 12.9. The van der Waals surface area contributed by atoms with Crippen LogP contribution in [0.5, 0.6) is 0 Å². The third kappa shape index (κ3) is 2.00. The molecule has 0 saturated heterocycles. The molecule has 5 heteroatoms. The largest absolute Gasteiger partial charge is 0.491 e. The molecular formula is C7H8BFO2S. The highest BCUT2D eigenvalue weighted by atomic mass is 32.1. The summed E-state index contributed by atoms with van der Waals surface area (Å²) in [5.74, 6) is -0.185. The maximum Gasteiger partial charge on any atom is 0.491 e. The van der Waals surface area contributed by atoms with E-state index in [1.165, 1.54) is 12.1 Å². The van der Waals surface area contributed by atoms with Crippen LogP contribution in [0, 0.1) is 5.82 Å². The molecule has 0 unspecified atom stereocenters. The molecule has 0 heterocycles. The van der Waals surface area contributed by atoms with Crippen LogP contribution in [0.25, 0.3) is 0 Å². The first-order valence-electron chi connectivity index (χ1n) is 3.40. The fourth-order valence-corrected chi connectivity index (χ4v) is 1.08. The van der Waals surface area contributed by atoms with E-state index >= 15 is 0 Å². The van der Waals surface area contributed by atoms with Gasteiger partial charge in [-0.05, 0) is 11.6 Å². The summed E-state index contributed by atoms with van der Waals surface area (Å²) in [7, 11) is -1.75. The van der Waals surface area contributed by atoms with Gasteiger partial charge in [0.2, 0.25) is 0 Å². The standard InChI is InChI=1S/C7H8BFO2S/c9-7-3-5(4-12)1-2-6(7)8(10)11/h1-3,10-12H,4H2. The molecule has 0 radical (unpaired) electrons. The van der Waals surface area contributed by atoms with E-state index in [9.17, 15) is 4.39 Å². The molecule has 0 aromatic heterocycles. The Morgan fingerprint density at radius 2 is 2.08 bits per heavy atom. The minimum absolute atomic E-state index is 0.111. The van der Waals surface area contributed by atoms with Crippen LogP contribution >= 0.6 is 12.6 Å². The van der Waals surface area contributed by atoms with E-state index < -0.39 is 12.9 Å². The molecule has 64 valence electrons. The van der Waals surface area contributed by atoms with Gasteiger partial charge in [0.1, 0.15) is 5.82 Å². The van der Waals surface area contributed by atoms with E-state index in [0.29, 0.717) is 11.3 Å². The maximum atomic E-state index is 12.9. The predicted molar refractivity (Wildman–Crippen MR) is 48.9 cm³/mol. The number of rotatable bonds is 2. The molecule has 0 saturated carbocycles. The molecule has 0 aliphatic carbocycles. The first kappa shape index (κ1) is 9.57. The lowest BCUT2D eigenvalue weighted by Gasteiger charge is -2.02. The smallest absolute Gasteiger partial charge is 0.423 e. The molecule has 0 amide bonds. The second-order valence-corrected chi connectivity index (χ2v) is 2.70. The van der Waals surface area contributed by atoms with E-state index in [1.54, 1.807) is 6.07 Å². The minimum atomic E-state index is -1.75. The fraction of sp³-hybridized carbons (Fsp3) is 0.143. The molecule has 0 fully saturated rings. The van der Waals surface area contributed by atoms with E-state index in [4.69, 9.17) is 10.0 Å². The Morgan fingerprint density at radius 1 is 1.42 bits per heavy atom. The Morgan fingerprint density at radius 3 is 2.50 bits per heavy atom. The quantitative estimate of drug-likeness (QED) is 0.447. The lowest BCUT2D eigenvalue weighted by Crippen LogP contribution is -2.32. The van der Waals surface area contributed by atoms with Crippen LogP contribution in [0.4, 0.5) is 4.39 Å². The zero-order valence-electron chi connectivity index (χ0n) is 6.24. The summed E-state index contributed by atoms with van der Waals surface area (Å²) in [6.45, 7) is 0. The predicted octanol–water partition coefficient (Wildman–Crippen LogP) is -0.0647. The molecular weight excluding hydrogens is 178 g/mol. The highest BCUT2D eigenvalue weighted by molar-refractivity contribution is 7.79. The van der Waals surface area contributed by atoms with Crippen LogP contribution in [0.1, 0.15) is 5.56 Å². The van der Waals surface area contributed by atoms with Crippen LogP contribution in [0.3, 0.4) is 0 Å². The van der Waals surface area contributed by atoms with Crippen molar-refractivity contribution < 1.29 is 14.4 Å². The van der Waals surface area contributed by atoms with Gasteiger partial charge in [-0.1, -0.05) is 12.1 Å². The van der Waals surface area contributed by atoms with Gasteiger partial charge in [-0.3, -0.25) is 0 Å². The molecule has 0 atom stereocenters. The normalized spacial score (nSPS) is 10.0. The third-order valence-electron chi connectivity index (χ3n) is 1.53. The summed E-state index contributed by atoms with van der Waals surface area (Å²) in [5, 5.41) is 17.3. The average Bonchev–Trinajstić information content (AvgIpc) is 2.03. The zero-order chi connectivity index (χ0) is 9.14. The lowest BCUT2D eigenvalue weighted by molar-refractivity contribution is 0.423. The van der Waals surface area contributed by atoms with Gasteiger partial charge in [-0.25, -0.2) is 4.39 Å². The molecule has 1 aromatic carbocycles. The second-order valence-electron chi connectivity index (χ2n) is 2.39. The number of hydrogen-bond donors (Lipinski definition) is 3. The number of thiol groups is 1. The third-order valence-corrected chi connectivity index (χ3v) is 1.89. The van der Waals surface area contributed by atoms with Crippen LogP contribution in [-0.4, -0.2) is 17.2 Å². The van der Waals surface area contributed by atoms with Crippen molar-refractivity contribution >= 4 is 25.2 Å². The highest BCUT2D eigenvalue weighted by Crippen LogP contribution is 2.04. The highest BCUT2D eigenvalue weighted by Gasteiger charge is 2.15. The Hall–Kier alpha value is -0.515. The van der Waals surface area contributed by atoms with Crippen LogP contribution < -0.4 is 5.46 Å². The molecule has 2 nitrogen and oxygen atoms in total. The first-order valence-corrected chi connectivity index (χ1v) is 4.03. The van der Waals surface area contributed by atoms with Crippen LogP contribution in [0.2, 0.25) is 0 Å². The molecule has 2 N–H and O–H groups in total. The Balaban J connectivity index is 3.03. The van der Waals surface area contributed by atoms with Gasteiger partial charge in [0.15, 0.2) is 0 Å². The summed E-state index contributed by atoms with van der Waals surface area (Å²) in [5.41, 5.74) is 0.598. The summed E-state index contributed by atoms with van der Waals surface area (Å²) in [4.78, 5) is 0. The van der Waals surface area contributed by atoms with Gasteiger partial charge in [-0.2, -0.15) is 12.6 Å². The van der Waals surface area contributed by atoms with Crippen LogP contribution in [-0.2, 0) is 5.75 Å². The van der Waals surface area contributed by atoms with Crippen molar-refractivity contribution in [2.24, 2.45) is 0 Å². The lowest BCUT2D eigenvalue weighted by atomic mass is 9.79. The number of benzene rings is 1. The van der Waals surface area contributed by atoms with Gasteiger partial charge in [0.25, 0.3) is 0 Å². The number of hydrogen-bond acceptors (Lipinski definition) is 3. The molecule has 0 aliphatic rings. The first-order chi connectivity index (χ1) is 5.65. The Kier molecular flexibility index (Phi) is 3.14. The molecule has 0 spiro atoms. The average molecular weight is 186 g/mol. The summed E-state index contributed by atoms with van der Waals surface area (Å²) in [6.07, 6.45) is 0. The van der Waals surface area contributed by atoms with Crippen molar-refractivity contribution in [1.29, 1.82) is 0 Å². The Bertz CT molecular complexity index is 280. The molecule has 12 heavy (non-hydrogen) atoms. The van der Waals surface area contributed by atoms with E-state index in [-0.39, 0.29) is 5.46 Å². The van der Waals surface area contributed by atoms with Crippen molar-refractivity contribution in [2.45, 2.75) is 5.75 Å². The fourth-order valence-electron chi connectivity index (χ4n) is 0.878.